The van der Waals surface area contributed by atoms with Gasteiger partial charge in [-0.1, -0.05) is 0 Å². The van der Waals surface area contributed by atoms with Crippen molar-refractivity contribution in [1.29, 1.82) is 0 Å². The van der Waals surface area contributed by atoms with E-state index in [1.807, 2.05) is 19.1 Å². The van der Waals surface area contributed by atoms with Crippen molar-refractivity contribution < 1.29 is 9.84 Å². The Kier molecular flexibility index (Phi) is 5.63. The van der Waals surface area contributed by atoms with E-state index in [0.717, 1.165) is 36.2 Å². The van der Waals surface area contributed by atoms with E-state index in [2.05, 4.69) is 43.6 Å². The summed E-state index contributed by atoms with van der Waals surface area (Å²) in [7, 11) is 1.67. The first-order valence-electron chi connectivity index (χ1n) is 8.81. The van der Waals surface area contributed by atoms with Crippen LogP contribution >= 0.6 is 0 Å². The summed E-state index contributed by atoms with van der Waals surface area (Å²) in [6, 6.07) is 4.26. The van der Waals surface area contributed by atoms with E-state index in [4.69, 9.17) is 4.74 Å². The summed E-state index contributed by atoms with van der Waals surface area (Å²) >= 11 is 0. The van der Waals surface area contributed by atoms with Crippen LogP contribution in [0, 0.1) is 6.92 Å². The molecule has 2 aromatic rings. The molecule has 0 saturated carbocycles. The highest BCUT2D eigenvalue weighted by Crippen LogP contribution is 2.25. The van der Waals surface area contributed by atoms with Crippen LogP contribution in [0.3, 0.4) is 0 Å². The Hall–Kier alpha value is -2.32. The molecule has 8 nitrogen and oxygen atoms in total. The average molecular weight is 358 g/mol. The van der Waals surface area contributed by atoms with Crippen LogP contribution in [0.25, 0.3) is 0 Å². The first-order chi connectivity index (χ1) is 12.5. The summed E-state index contributed by atoms with van der Waals surface area (Å²) in [6.45, 7) is 8.22. The van der Waals surface area contributed by atoms with E-state index >= 15 is 0 Å². The summed E-state index contributed by atoms with van der Waals surface area (Å²) in [5.41, 5.74) is 1.83. The number of rotatable bonds is 5. The van der Waals surface area contributed by atoms with Crippen LogP contribution in [0.15, 0.2) is 18.3 Å². The van der Waals surface area contributed by atoms with E-state index in [1.165, 1.54) is 0 Å². The molecule has 1 aliphatic rings. The maximum atomic E-state index is 9.27. The van der Waals surface area contributed by atoms with Crippen LogP contribution < -0.4 is 9.80 Å². The highest BCUT2D eigenvalue weighted by molar-refractivity contribution is 5.45. The Morgan fingerprint density at radius 2 is 1.92 bits per heavy atom. The molecular formula is C18H26N6O2. The second kappa shape index (κ2) is 7.92. The Balaban J connectivity index is 1.82. The number of hydrogen-bond acceptors (Lipinski definition) is 8. The molecule has 0 aromatic carbocycles. The SMILES string of the molecule is COCc1cc(C)nc(N2C(C)CN(c3ccnc(CO)n3)CC2C)n1. The van der Waals surface area contributed by atoms with E-state index in [9.17, 15) is 5.11 Å². The summed E-state index contributed by atoms with van der Waals surface area (Å²) in [5, 5.41) is 9.27. The third-order valence-corrected chi connectivity index (χ3v) is 4.49. The van der Waals surface area contributed by atoms with Gasteiger partial charge in [0.2, 0.25) is 5.95 Å². The van der Waals surface area contributed by atoms with Gasteiger partial charge in [0.05, 0.1) is 12.3 Å². The van der Waals surface area contributed by atoms with Gasteiger partial charge in [0.25, 0.3) is 0 Å². The fraction of sp³-hybridized carbons (Fsp3) is 0.556. The number of ether oxygens (including phenoxy) is 1. The summed E-state index contributed by atoms with van der Waals surface area (Å²) in [4.78, 5) is 22.3. The van der Waals surface area contributed by atoms with Crippen LogP contribution in [0.1, 0.15) is 31.1 Å². The molecule has 3 rings (SSSR count). The predicted octanol–water partition coefficient (Wildman–Crippen LogP) is 1.32. The molecule has 8 heteroatoms. The van der Waals surface area contributed by atoms with E-state index < -0.39 is 0 Å². The molecule has 1 fully saturated rings. The minimum atomic E-state index is -0.154. The summed E-state index contributed by atoms with van der Waals surface area (Å²) in [5.74, 6) is 2.03. The largest absolute Gasteiger partial charge is 0.388 e. The van der Waals surface area contributed by atoms with Crippen LogP contribution in [-0.4, -0.2) is 57.3 Å². The quantitative estimate of drug-likeness (QED) is 0.856. The molecule has 0 radical (unpaired) electrons. The average Bonchev–Trinajstić information content (AvgIpc) is 2.61. The molecule has 0 amide bonds. The third kappa shape index (κ3) is 3.91. The molecular weight excluding hydrogens is 332 g/mol. The highest BCUT2D eigenvalue weighted by atomic mass is 16.5. The maximum absolute atomic E-state index is 9.27. The smallest absolute Gasteiger partial charge is 0.226 e. The number of methoxy groups -OCH3 is 1. The predicted molar refractivity (Wildman–Crippen MR) is 99.1 cm³/mol. The lowest BCUT2D eigenvalue weighted by molar-refractivity contribution is 0.181. The molecule has 1 N–H and O–H groups in total. The topological polar surface area (TPSA) is 87.5 Å². The minimum absolute atomic E-state index is 0.154. The van der Waals surface area contributed by atoms with Crippen molar-refractivity contribution in [1.82, 2.24) is 19.9 Å². The molecule has 140 valence electrons. The van der Waals surface area contributed by atoms with Gasteiger partial charge in [-0.3, -0.25) is 0 Å². The molecule has 3 heterocycles. The zero-order valence-electron chi connectivity index (χ0n) is 15.8. The number of anilines is 2. The van der Waals surface area contributed by atoms with Crippen LogP contribution in [-0.2, 0) is 18.0 Å². The normalized spacial score (nSPS) is 20.5. The maximum Gasteiger partial charge on any atom is 0.226 e. The van der Waals surface area contributed by atoms with Gasteiger partial charge in [-0.25, -0.2) is 19.9 Å². The van der Waals surface area contributed by atoms with Gasteiger partial charge in [0, 0.05) is 44.2 Å². The molecule has 2 atom stereocenters. The fourth-order valence-electron chi connectivity index (χ4n) is 3.50. The molecule has 2 aromatic heterocycles. The van der Waals surface area contributed by atoms with Gasteiger partial charge < -0.3 is 19.6 Å². The Labute approximate surface area is 153 Å². The van der Waals surface area contributed by atoms with Crippen molar-refractivity contribution in [2.45, 2.75) is 46.1 Å². The number of hydrogen-bond donors (Lipinski definition) is 1. The number of piperazine rings is 1. The Morgan fingerprint density at radius 1 is 1.19 bits per heavy atom. The first-order valence-corrected chi connectivity index (χ1v) is 8.81. The summed E-state index contributed by atoms with van der Waals surface area (Å²) < 4.78 is 5.22. The van der Waals surface area contributed by atoms with E-state index in [0.29, 0.717) is 12.4 Å². The second-order valence-corrected chi connectivity index (χ2v) is 6.73. The van der Waals surface area contributed by atoms with E-state index in [-0.39, 0.29) is 18.7 Å². The highest BCUT2D eigenvalue weighted by Gasteiger charge is 2.32. The molecule has 26 heavy (non-hydrogen) atoms. The third-order valence-electron chi connectivity index (χ3n) is 4.49. The molecule has 0 aliphatic carbocycles. The van der Waals surface area contributed by atoms with Crippen LogP contribution in [0.2, 0.25) is 0 Å². The first kappa shape index (κ1) is 18.5. The van der Waals surface area contributed by atoms with Crippen molar-refractivity contribution in [3.05, 3.63) is 35.5 Å². The zero-order valence-corrected chi connectivity index (χ0v) is 15.8. The molecule has 1 saturated heterocycles. The van der Waals surface area contributed by atoms with Gasteiger partial charge >= 0.3 is 0 Å². The summed E-state index contributed by atoms with van der Waals surface area (Å²) in [6.07, 6.45) is 1.69. The van der Waals surface area contributed by atoms with Crippen LogP contribution in [0.5, 0.6) is 0 Å². The molecule has 1 aliphatic heterocycles. The van der Waals surface area contributed by atoms with Gasteiger partial charge in [-0.05, 0) is 32.9 Å². The lowest BCUT2D eigenvalue weighted by atomic mass is 10.1. The van der Waals surface area contributed by atoms with Gasteiger partial charge in [-0.2, -0.15) is 0 Å². The van der Waals surface area contributed by atoms with Gasteiger partial charge in [0.15, 0.2) is 5.82 Å². The molecule has 0 bridgehead atoms. The molecule has 0 spiro atoms. The fourth-order valence-corrected chi connectivity index (χ4v) is 3.50. The lowest BCUT2D eigenvalue weighted by Crippen LogP contribution is -2.58. The van der Waals surface area contributed by atoms with Crippen molar-refractivity contribution >= 4 is 11.8 Å². The standard InChI is InChI=1S/C18H26N6O2/c1-12-7-15(11-26-4)21-18(20-12)24-13(2)8-23(9-14(24)3)17-5-6-19-16(10-25)22-17/h5-7,13-14,25H,8-11H2,1-4H3. The number of nitrogens with zero attached hydrogens (tertiary/aromatic N) is 6. The van der Waals surface area contributed by atoms with E-state index in [1.54, 1.807) is 13.3 Å². The monoisotopic (exact) mass is 358 g/mol. The number of aliphatic hydroxyl groups is 1. The Bertz CT molecular complexity index is 744. The van der Waals surface area contributed by atoms with Crippen molar-refractivity contribution in [2.24, 2.45) is 0 Å². The second-order valence-electron chi connectivity index (χ2n) is 6.73. The Morgan fingerprint density at radius 3 is 2.58 bits per heavy atom. The minimum Gasteiger partial charge on any atom is -0.388 e. The van der Waals surface area contributed by atoms with Crippen molar-refractivity contribution in [3.63, 3.8) is 0 Å². The zero-order chi connectivity index (χ0) is 18.7. The van der Waals surface area contributed by atoms with Gasteiger partial charge in [-0.15, -0.1) is 0 Å². The van der Waals surface area contributed by atoms with Crippen molar-refractivity contribution in [3.8, 4) is 0 Å². The number of aryl methyl sites for hydroxylation is 1. The van der Waals surface area contributed by atoms with Crippen LogP contribution in [0.4, 0.5) is 11.8 Å². The number of aliphatic hydroxyl groups excluding tert-OH is 1. The number of aromatic nitrogens is 4. The van der Waals surface area contributed by atoms with Gasteiger partial charge in [0.1, 0.15) is 12.4 Å². The molecule has 2 unspecified atom stereocenters. The lowest BCUT2D eigenvalue weighted by Gasteiger charge is -2.45. The van der Waals surface area contributed by atoms with Crippen molar-refractivity contribution in [2.75, 3.05) is 30.0 Å².